The fourth-order valence-electron chi connectivity index (χ4n) is 1.95. The molecule has 1 amide bonds. The van der Waals surface area contributed by atoms with Gasteiger partial charge in [0.25, 0.3) is 5.91 Å². The third-order valence-electron chi connectivity index (χ3n) is 2.87. The van der Waals surface area contributed by atoms with Crippen LogP contribution in [0.5, 0.6) is 0 Å². The van der Waals surface area contributed by atoms with E-state index in [1.165, 1.54) is 0 Å². The molecule has 2 heterocycles. The van der Waals surface area contributed by atoms with Crippen LogP contribution in [0.2, 0.25) is 0 Å². The lowest BCUT2D eigenvalue weighted by atomic mass is 10.2. The molecule has 18 heavy (non-hydrogen) atoms. The number of carbonyl (C=O) groups excluding carboxylic acids is 1. The quantitative estimate of drug-likeness (QED) is 0.445. The predicted molar refractivity (Wildman–Crippen MR) is 66.6 cm³/mol. The molecule has 6 heteroatoms. The molecule has 0 aliphatic carbocycles. The van der Waals surface area contributed by atoms with E-state index in [0.29, 0.717) is 5.69 Å². The first kappa shape index (κ1) is 12.9. The average Bonchev–Trinajstić information content (AvgIpc) is 2.67. The Morgan fingerprint density at radius 2 is 2.33 bits per heavy atom. The highest BCUT2D eigenvalue weighted by Crippen LogP contribution is 2.06. The lowest BCUT2D eigenvalue weighted by Crippen LogP contribution is -2.31. The molecule has 1 aromatic heterocycles. The third-order valence-corrected chi connectivity index (χ3v) is 2.87. The SMILES string of the molecule is NNC(=O)c1cccc(CN2CCCOCC2)n1. The van der Waals surface area contributed by atoms with Crippen molar-refractivity contribution in [3.8, 4) is 0 Å². The number of nitrogens with one attached hydrogen (secondary N) is 1. The molecule has 3 N–H and O–H groups in total. The van der Waals surface area contributed by atoms with Gasteiger partial charge in [0.05, 0.1) is 12.3 Å². The normalized spacial score (nSPS) is 17.2. The van der Waals surface area contributed by atoms with Gasteiger partial charge in [-0.05, 0) is 18.6 Å². The lowest BCUT2D eigenvalue weighted by molar-refractivity contribution is 0.0948. The molecule has 0 saturated carbocycles. The van der Waals surface area contributed by atoms with Crippen LogP contribution < -0.4 is 11.3 Å². The molecule has 0 bridgehead atoms. The maximum atomic E-state index is 11.4. The van der Waals surface area contributed by atoms with Crippen molar-refractivity contribution in [1.82, 2.24) is 15.3 Å². The van der Waals surface area contributed by atoms with E-state index >= 15 is 0 Å². The number of nitrogens with zero attached hydrogens (tertiary/aromatic N) is 2. The Kier molecular flexibility index (Phi) is 4.63. The van der Waals surface area contributed by atoms with Crippen molar-refractivity contribution in [2.45, 2.75) is 13.0 Å². The van der Waals surface area contributed by atoms with E-state index in [1.54, 1.807) is 6.07 Å². The predicted octanol–water partition coefficient (Wildman–Crippen LogP) is -0.0926. The van der Waals surface area contributed by atoms with Crippen molar-refractivity contribution in [3.63, 3.8) is 0 Å². The number of nitrogens with two attached hydrogens (primary N) is 1. The van der Waals surface area contributed by atoms with Gasteiger partial charge in [0.15, 0.2) is 0 Å². The summed E-state index contributed by atoms with van der Waals surface area (Å²) >= 11 is 0. The van der Waals surface area contributed by atoms with Gasteiger partial charge in [-0.1, -0.05) is 6.07 Å². The summed E-state index contributed by atoms with van der Waals surface area (Å²) in [7, 11) is 0. The molecule has 1 aliphatic heterocycles. The van der Waals surface area contributed by atoms with Crippen LogP contribution in [0.1, 0.15) is 22.6 Å². The Morgan fingerprint density at radius 3 is 3.17 bits per heavy atom. The van der Waals surface area contributed by atoms with E-state index in [4.69, 9.17) is 10.6 Å². The van der Waals surface area contributed by atoms with E-state index in [2.05, 4.69) is 15.3 Å². The minimum Gasteiger partial charge on any atom is -0.380 e. The molecule has 6 nitrogen and oxygen atoms in total. The lowest BCUT2D eigenvalue weighted by Gasteiger charge is -2.18. The van der Waals surface area contributed by atoms with Crippen LogP contribution in [0.15, 0.2) is 18.2 Å². The number of amides is 1. The highest BCUT2D eigenvalue weighted by atomic mass is 16.5. The standard InChI is InChI=1S/C12H18N4O2/c13-15-12(17)11-4-1-3-10(14-11)9-16-5-2-7-18-8-6-16/h1,3-4H,2,5-9,13H2,(H,15,17). The zero-order valence-electron chi connectivity index (χ0n) is 10.3. The second kappa shape index (κ2) is 6.44. The van der Waals surface area contributed by atoms with Crippen LogP contribution in [0, 0.1) is 0 Å². The van der Waals surface area contributed by atoms with Crippen LogP contribution in [-0.2, 0) is 11.3 Å². The number of carbonyl (C=O) groups is 1. The molecule has 0 spiro atoms. The minimum absolute atomic E-state index is 0.348. The van der Waals surface area contributed by atoms with E-state index in [9.17, 15) is 4.79 Å². The molecule has 0 aromatic carbocycles. The second-order valence-corrected chi connectivity index (χ2v) is 4.23. The molecule has 1 aromatic rings. The Morgan fingerprint density at radius 1 is 1.44 bits per heavy atom. The second-order valence-electron chi connectivity index (χ2n) is 4.23. The Bertz CT molecular complexity index is 403. The highest BCUT2D eigenvalue weighted by molar-refractivity contribution is 5.91. The van der Waals surface area contributed by atoms with Gasteiger partial charge < -0.3 is 4.74 Å². The maximum Gasteiger partial charge on any atom is 0.283 e. The first-order chi connectivity index (χ1) is 8.79. The van der Waals surface area contributed by atoms with Crippen LogP contribution in [0.25, 0.3) is 0 Å². The monoisotopic (exact) mass is 250 g/mol. The molecular weight excluding hydrogens is 232 g/mol. The number of pyridine rings is 1. The summed E-state index contributed by atoms with van der Waals surface area (Å²) in [6, 6.07) is 5.39. The summed E-state index contributed by atoms with van der Waals surface area (Å²) < 4.78 is 5.40. The molecule has 98 valence electrons. The van der Waals surface area contributed by atoms with Crippen molar-refractivity contribution in [1.29, 1.82) is 0 Å². The summed E-state index contributed by atoms with van der Waals surface area (Å²) in [6.07, 6.45) is 1.03. The topological polar surface area (TPSA) is 80.5 Å². The fourth-order valence-corrected chi connectivity index (χ4v) is 1.95. The van der Waals surface area contributed by atoms with Crippen molar-refractivity contribution in [3.05, 3.63) is 29.6 Å². The molecule has 1 aliphatic rings. The van der Waals surface area contributed by atoms with Crippen LogP contribution >= 0.6 is 0 Å². The minimum atomic E-state index is -0.365. The van der Waals surface area contributed by atoms with E-state index < -0.39 is 0 Å². The number of rotatable bonds is 3. The number of aromatic nitrogens is 1. The van der Waals surface area contributed by atoms with Gasteiger partial charge in [0.1, 0.15) is 5.69 Å². The first-order valence-corrected chi connectivity index (χ1v) is 6.06. The zero-order valence-corrected chi connectivity index (χ0v) is 10.3. The van der Waals surface area contributed by atoms with E-state index in [-0.39, 0.29) is 5.91 Å². The first-order valence-electron chi connectivity index (χ1n) is 6.06. The molecule has 1 saturated heterocycles. The van der Waals surface area contributed by atoms with Gasteiger partial charge in [0, 0.05) is 26.2 Å². The average molecular weight is 250 g/mol. The van der Waals surface area contributed by atoms with E-state index in [1.807, 2.05) is 12.1 Å². The molecule has 0 unspecified atom stereocenters. The van der Waals surface area contributed by atoms with E-state index in [0.717, 1.165) is 45.0 Å². The molecule has 0 radical (unpaired) electrons. The van der Waals surface area contributed by atoms with Crippen molar-refractivity contribution < 1.29 is 9.53 Å². The van der Waals surface area contributed by atoms with Gasteiger partial charge >= 0.3 is 0 Å². The zero-order chi connectivity index (χ0) is 12.8. The number of hydrogen-bond acceptors (Lipinski definition) is 5. The van der Waals surface area contributed by atoms with Crippen molar-refractivity contribution >= 4 is 5.91 Å². The van der Waals surface area contributed by atoms with Gasteiger partial charge in [-0.25, -0.2) is 10.8 Å². The van der Waals surface area contributed by atoms with Crippen LogP contribution in [-0.4, -0.2) is 42.1 Å². The maximum absolute atomic E-state index is 11.4. The van der Waals surface area contributed by atoms with Gasteiger partial charge in [0.2, 0.25) is 0 Å². The van der Waals surface area contributed by atoms with Crippen LogP contribution in [0.4, 0.5) is 0 Å². The highest BCUT2D eigenvalue weighted by Gasteiger charge is 2.11. The Hall–Kier alpha value is -1.50. The number of ether oxygens (including phenoxy) is 1. The summed E-state index contributed by atoms with van der Waals surface area (Å²) in [5.74, 6) is 4.73. The molecule has 2 rings (SSSR count). The third kappa shape index (κ3) is 3.49. The van der Waals surface area contributed by atoms with Crippen molar-refractivity contribution in [2.75, 3.05) is 26.3 Å². The van der Waals surface area contributed by atoms with Gasteiger partial charge in [-0.2, -0.15) is 0 Å². The van der Waals surface area contributed by atoms with Crippen LogP contribution in [0.3, 0.4) is 0 Å². The number of nitrogen functional groups attached to an aromatic ring is 1. The smallest absolute Gasteiger partial charge is 0.283 e. The summed E-state index contributed by atoms with van der Waals surface area (Å²) in [5.41, 5.74) is 3.31. The summed E-state index contributed by atoms with van der Waals surface area (Å²) in [4.78, 5) is 18.0. The largest absolute Gasteiger partial charge is 0.380 e. The molecular formula is C12H18N4O2. The number of hydrazine groups is 1. The Balaban J connectivity index is 2.01. The van der Waals surface area contributed by atoms with Gasteiger partial charge in [-0.15, -0.1) is 0 Å². The Labute approximate surface area is 106 Å². The van der Waals surface area contributed by atoms with Gasteiger partial charge in [-0.3, -0.25) is 15.1 Å². The molecule has 1 fully saturated rings. The summed E-state index contributed by atoms with van der Waals surface area (Å²) in [5, 5.41) is 0. The van der Waals surface area contributed by atoms with Crippen molar-refractivity contribution in [2.24, 2.45) is 5.84 Å². The fraction of sp³-hybridized carbons (Fsp3) is 0.500. The summed E-state index contributed by atoms with van der Waals surface area (Å²) in [6.45, 7) is 4.20. The molecule has 0 atom stereocenters. The number of hydrogen-bond donors (Lipinski definition) is 2.